The first-order valence-corrected chi connectivity index (χ1v) is 10.1. The fourth-order valence-electron chi connectivity index (χ4n) is 3.57. The summed E-state index contributed by atoms with van der Waals surface area (Å²) in [5, 5.41) is 0. The molecule has 3 aromatic carbocycles. The molecule has 5 nitrogen and oxygen atoms in total. The van der Waals surface area contributed by atoms with Crippen LogP contribution in [0.15, 0.2) is 36.1 Å². The zero-order valence-electron chi connectivity index (χ0n) is 18.6. The van der Waals surface area contributed by atoms with Crippen molar-refractivity contribution in [2.45, 2.75) is 13.5 Å². The van der Waals surface area contributed by atoms with Gasteiger partial charge in [0.15, 0.2) is 29.0 Å². The summed E-state index contributed by atoms with van der Waals surface area (Å²) in [5.41, 5.74) is 0.0888. The fraction of sp³-hybridized carbons (Fsp3) is 0.160. The average Bonchev–Trinajstić information content (AvgIpc) is 3.16. The lowest BCUT2D eigenvalue weighted by Crippen LogP contribution is -2.10. The van der Waals surface area contributed by atoms with Gasteiger partial charge in [0.05, 0.1) is 25.3 Å². The Labute approximate surface area is 196 Å². The quantitative estimate of drug-likeness (QED) is 0.186. The molecule has 10 heteroatoms. The highest BCUT2D eigenvalue weighted by molar-refractivity contribution is 6.15. The van der Waals surface area contributed by atoms with E-state index in [-0.39, 0.29) is 22.8 Å². The molecule has 0 saturated heterocycles. The second kappa shape index (κ2) is 9.28. The molecular formula is C25H17F5O5. The van der Waals surface area contributed by atoms with Crippen LogP contribution in [0.2, 0.25) is 0 Å². The maximum Gasteiger partial charge on any atom is 0.232 e. The van der Waals surface area contributed by atoms with Crippen LogP contribution >= 0.6 is 0 Å². The number of benzene rings is 3. The molecule has 0 aliphatic carbocycles. The van der Waals surface area contributed by atoms with Gasteiger partial charge in [0.1, 0.15) is 29.6 Å². The van der Waals surface area contributed by atoms with Crippen LogP contribution in [0.4, 0.5) is 22.0 Å². The van der Waals surface area contributed by atoms with Crippen molar-refractivity contribution in [2.75, 3.05) is 14.2 Å². The summed E-state index contributed by atoms with van der Waals surface area (Å²) in [7, 11) is 2.96. The molecule has 0 fully saturated rings. The summed E-state index contributed by atoms with van der Waals surface area (Å²) in [4.78, 5) is 12.9. The van der Waals surface area contributed by atoms with Gasteiger partial charge < -0.3 is 18.9 Å². The molecule has 1 heterocycles. The largest absolute Gasteiger partial charge is 0.497 e. The molecule has 1 aliphatic rings. The van der Waals surface area contributed by atoms with Gasteiger partial charge in [-0.3, -0.25) is 4.79 Å². The number of aryl methyl sites for hydroxylation is 1. The van der Waals surface area contributed by atoms with E-state index in [1.54, 1.807) is 25.1 Å². The molecule has 0 unspecified atom stereocenters. The first kappa shape index (κ1) is 24.1. The SMILES string of the molecule is COc1ccc(/C=C2\Oc3cc(OCc4c(F)c(F)c(F)c(F)c4F)cc(C)c3C2=O)c(OC)c1. The number of rotatable bonds is 6. The Bertz CT molecular complexity index is 1350. The molecule has 35 heavy (non-hydrogen) atoms. The highest BCUT2D eigenvalue weighted by Crippen LogP contribution is 2.39. The molecular weight excluding hydrogens is 475 g/mol. The zero-order valence-corrected chi connectivity index (χ0v) is 18.6. The molecule has 0 N–H and O–H groups in total. The van der Waals surface area contributed by atoms with Crippen molar-refractivity contribution < 1.29 is 45.7 Å². The molecule has 0 atom stereocenters. The van der Waals surface area contributed by atoms with E-state index in [1.807, 2.05) is 0 Å². The van der Waals surface area contributed by atoms with Crippen molar-refractivity contribution in [2.24, 2.45) is 0 Å². The number of halogens is 5. The number of methoxy groups -OCH3 is 2. The Morgan fingerprint density at radius 2 is 1.51 bits per heavy atom. The summed E-state index contributed by atoms with van der Waals surface area (Å²) in [5.74, 6) is -9.67. The maximum atomic E-state index is 13.9. The maximum absolute atomic E-state index is 13.9. The van der Waals surface area contributed by atoms with Crippen molar-refractivity contribution in [3.63, 3.8) is 0 Å². The number of Topliss-reactive ketones (excluding diaryl/α,β-unsaturated/α-hetero) is 1. The number of ether oxygens (including phenoxy) is 4. The minimum atomic E-state index is -2.25. The molecule has 0 spiro atoms. The lowest BCUT2D eigenvalue weighted by atomic mass is 10.0. The minimum absolute atomic E-state index is 0.00118. The summed E-state index contributed by atoms with van der Waals surface area (Å²) < 4.78 is 89.4. The zero-order chi connectivity index (χ0) is 25.4. The summed E-state index contributed by atoms with van der Waals surface area (Å²) in [6, 6.07) is 7.67. The van der Waals surface area contributed by atoms with E-state index in [2.05, 4.69) is 0 Å². The van der Waals surface area contributed by atoms with Crippen LogP contribution < -0.4 is 18.9 Å². The number of hydrogen-bond donors (Lipinski definition) is 0. The summed E-state index contributed by atoms with van der Waals surface area (Å²) in [6.07, 6.45) is 1.48. The van der Waals surface area contributed by atoms with E-state index >= 15 is 0 Å². The van der Waals surface area contributed by atoms with E-state index < -0.39 is 47.0 Å². The molecule has 0 aromatic heterocycles. The van der Waals surface area contributed by atoms with Gasteiger partial charge in [-0.15, -0.1) is 0 Å². The summed E-state index contributed by atoms with van der Waals surface area (Å²) in [6.45, 7) is 0.645. The molecule has 182 valence electrons. The van der Waals surface area contributed by atoms with Gasteiger partial charge in [-0.05, 0) is 36.8 Å². The van der Waals surface area contributed by atoms with Crippen molar-refractivity contribution in [3.8, 4) is 23.0 Å². The molecule has 0 bridgehead atoms. The first-order valence-electron chi connectivity index (χ1n) is 10.1. The Morgan fingerprint density at radius 3 is 2.14 bits per heavy atom. The Hall–Kier alpha value is -4.08. The monoisotopic (exact) mass is 492 g/mol. The van der Waals surface area contributed by atoms with Crippen molar-refractivity contribution >= 4 is 11.9 Å². The van der Waals surface area contributed by atoms with Gasteiger partial charge in [-0.25, -0.2) is 22.0 Å². The second-order valence-electron chi connectivity index (χ2n) is 7.50. The predicted octanol–water partition coefficient (Wildman–Crippen LogP) is 5.90. The Kier molecular flexibility index (Phi) is 6.38. The van der Waals surface area contributed by atoms with Gasteiger partial charge in [0.2, 0.25) is 11.6 Å². The molecule has 0 saturated carbocycles. The normalized spacial score (nSPS) is 13.6. The standard InChI is InChI=1S/C25H17F5O5/c1-11-6-14(34-10-15-20(26)22(28)24(30)23(29)21(15)27)9-17-19(11)25(31)18(35-17)7-12-4-5-13(32-2)8-16(12)33-3/h4-9H,10H2,1-3H3/b18-7-. The van der Waals surface area contributed by atoms with Crippen LogP contribution in [-0.2, 0) is 6.61 Å². The number of carbonyl (C=O) groups excluding carboxylic acids is 1. The van der Waals surface area contributed by atoms with Crippen LogP contribution in [-0.4, -0.2) is 20.0 Å². The second-order valence-corrected chi connectivity index (χ2v) is 7.50. The van der Waals surface area contributed by atoms with E-state index in [0.29, 0.717) is 22.6 Å². The smallest absolute Gasteiger partial charge is 0.232 e. The van der Waals surface area contributed by atoms with Crippen LogP contribution in [0.5, 0.6) is 23.0 Å². The van der Waals surface area contributed by atoms with Gasteiger partial charge in [0, 0.05) is 17.7 Å². The van der Waals surface area contributed by atoms with Gasteiger partial charge in [0.25, 0.3) is 0 Å². The van der Waals surface area contributed by atoms with Crippen LogP contribution in [0.25, 0.3) is 6.08 Å². The molecule has 0 radical (unpaired) electrons. The molecule has 0 amide bonds. The third kappa shape index (κ3) is 4.27. The van der Waals surface area contributed by atoms with E-state index in [9.17, 15) is 26.7 Å². The predicted molar refractivity (Wildman–Crippen MR) is 114 cm³/mol. The van der Waals surface area contributed by atoms with Gasteiger partial charge >= 0.3 is 0 Å². The number of fused-ring (bicyclic) bond motifs is 1. The van der Waals surface area contributed by atoms with Crippen molar-refractivity contribution in [1.29, 1.82) is 0 Å². The van der Waals surface area contributed by atoms with E-state index in [1.165, 1.54) is 32.4 Å². The van der Waals surface area contributed by atoms with Crippen molar-refractivity contribution in [3.05, 3.63) is 87.4 Å². The van der Waals surface area contributed by atoms with Crippen LogP contribution in [0, 0.1) is 36.0 Å². The minimum Gasteiger partial charge on any atom is -0.497 e. The lowest BCUT2D eigenvalue weighted by Gasteiger charge is -2.11. The van der Waals surface area contributed by atoms with Crippen molar-refractivity contribution in [1.82, 2.24) is 0 Å². The van der Waals surface area contributed by atoms with Crippen LogP contribution in [0.3, 0.4) is 0 Å². The molecule has 1 aliphatic heterocycles. The van der Waals surface area contributed by atoms with Gasteiger partial charge in [-0.1, -0.05) is 0 Å². The third-order valence-electron chi connectivity index (χ3n) is 5.35. The third-order valence-corrected chi connectivity index (χ3v) is 5.35. The number of allylic oxidation sites excluding steroid dienone is 1. The van der Waals surface area contributed by atoms with Gasteiger partial charge in [-0.2, -0.15) is 0 Å². The summed E-state index contributed by atoms with van der Waals surface area (Å²) >= 11 is 0. The highest BCUT2D eigenvalue weighted by atomic mass is 19.2. The topological polar surface area (TPSA) is 54.0 Å². The number of ketones is 1. The number of hydrogen-bond acceptors (Lipinski definition) is 5. The fourth-order valence-corrected chi connectivity index (χ4v) is 3.57. The lowest BCUT2D eigenvalue weighted by molar-refractivity contribution is 0.101. The Balaban J connectivity index is 1.62. The number of carbonyl (C=O) groups is 1. The average molecular weight is 492 g/mol. The first-order chi connectivity index (χ1) is 16.7. The van der Waals surface area contributed by atoms with E-state index in [4.69, 9.17) is 18.9 Å². The van der Waals surface area contributed by atoms with Crippen LogP contribution in [0.1, 0.15) is 27.0 Å². The molecule has 4 rings (SSSR count). The van der Waals surface area contributed by atoms with E-state index in [0.717, 1.165) is 0 Å². The highest BCUT2D eigenvalue weighted by Gasteiger charge is 2.31. The Morgan fingerprint density at radius 1 is 0.857 bits per heavy atom. The molecule has 3 aromatic rings.